The van der Waals surface area contributed by atoms with E-state index >= 15 is 0 Å². The lowest BCUT2D eigenvalue weighted by Crippen LogP contribution is -2.73. The summed E-state index contributed by atoms with van der Waals surface area (Å²) in [4.78, 5) is -0.985. The van der Waals surface area contributed by atoms with Crippen LogP contribution in [0.4, 0.5) is 83.4 Å². The fourth-order valence-electron chi connectivity index (χ4n) is 4.08. The Morgan fingerprint density at radius 3 is 1.26 bits per heavy atom. The molecule has 312 valence electrons. The van der Waals surface area contributed by atoms with Gasteiger partial charge in [-0.05, 0) is 38.1 Å². The molecule has 9 nitrogen and oxygen atoms in total. The highest BCUT2D eigenvalue weighted by atomic mass is 32.3. The van der Waals surface area contributed by atoms with Crippen molar-refractivity contribution in [2.45, 2.75) is 73.6 Å². The summed E-state index contributed by atoms with van der Waals surface area (Å²) in [7, 11) is -4.79. The lowest BCUT2D eigenvalue weighted by atomic mass is 9.66. The van der Waals surface area contributed by atoms with E-state index in [9.17, 15) is 91.8 Å². The van der Waals surface area contributed by atoms with Crippen LogP contribution in [0, 0.1) is 5.41 Å². The largest absolute Gasteiger partial charge is 0.726 e. The monoisotopic (exact) mass is 864 g/mol. The molecule has 0 radical (unpaired) electrons. The Morgan fingerprint density at radius 2 is 1.02 bits per heavy atom. The van der Waals surface area contributed by atoms with Gasteiger partial charge in [0.25, 0.3) is 0 Å². The predicted molar refractivity (Wildman–Crippen MR) is 136 cm³/mol. The fourth-order valence-corrected chi connectivity index (χ4v) is 5.40. The lowest BCUT2D eigenvalue weighted by molar-refractivity contribution is -0.895. The van der Waals surface area contributed by atoms with Gasteiger partial charge < -0.3 is 13.8 Å². The molecule has 0 aromatic heterocycles. The third kappa shape index (κ3) is 11.1. The van der Waals surface area contributed by atoms with Crippen LogP contribution in [-0.4, -0.2) is 106 Å². The molecule has 0 aliphatic rings. The van der Waals surface area contributed by atoms with E-state index in [1.165, 1.54) is 6.92 Å². The summed E-state index contributed by atoms with van der Waals surface area (Å²) in [5, 5.41) is 0. The van der Waals surface area contributed by atoms with Crippen molar-refractivity contribution in [1.29, 1.82) is 0 Å². The summed E-state index contributed by atoms with van der Waals surface area (Å²) in [5.74, 6) is -24.9. The maximum atomic E-state index is 14.4. The highest BCUT2D eigenvalue weighted by Crippen LogP contribution is 2.72. The second-order valence-electron chi connectivity index (χ2n) is 11.4. The summed E-state index contributed by atoms with van der Waals surface area (Å²) >= 11 is 0. The average Bonchev–Trinajstić information content (AvgIpc) is 2.84. The second-order valence-corrected chi connectivity index (χ2v) is 13.9. The minimum absolute atomic E-state index is 0.130. The van der Waals surface area contributed by atoms with E-state index in [4.69, 9.17) is 17.5 Å². The molecule has 0 aliphatic heterocycles. The Balaban J connectivity index is 0.00000504. The Morgan fingerprint density at radius 1 is 0.679 bits per heavy atom. The molecule has 2 atom stereocenters. The molecule has 0 saturated heterocycles. The van der Waals surface area contributed by atoms with Gasteiger partial charge >= 0.3 is 42.7 Å². The predicted octanol–water partition coefficient (Wildman–Crippen LogP) is 7.15. The summed E-state index contributed by atoms with van der Waals surface area (Å²) in [6.45, 7) is 2.86. The quantitative estimate of drug-likeness (QED) is 0.0840. The first-order chi connectivity index (χ1) is 22.7. The minimum atomic E-state index is -9.14. The van der Waals surface area contributed by atoms with Crippen LogP contribution in [0.2, 0.25) is 0 Å². The number of hydrogen-bond acceptors (Lipinski definition) is 6. The van der Waals surface area contributed by atoms with E-state index < -0.39 is 103 Å². The normalized spacial score (nSPS) is 16.6. The van der Waals surface area contributed by atoms with Gasteiger partial charge in [-0.1, -0.05) is 0 Å². The Kier molecular flexibility index (Phi) is 14.2. The standard InChI is InChI=1S/C23H22F19N2O3S.H2O4S/c1-10(11(2)44(3,4)5)43-48(45,46)13-8-6-12(7-9-13)47-15(18(27,28)29)14(17(24,25)26)16(21(34,35)36,19(30,31)22(37,38)39)20(32,33)23(40,41)42;1-5(2,3)4/h6-11,43H,1-5H3;(H2,1,2,3,4)/q+1;/p-1. The number of alkyl halides is 19. The van der Waals surface area contributed by atoms with Crippen LogP contribution in [0.25, 0.3) is 0 Å². The first kappa shape index (κ1) is 50.2. The molecule has 30 heteroatoms. The van der Waals surface area contributed by atoms with Crippen molar-refractivity contribution < 1.29 is 119 Å². The van der Waals surface area contributed by atoms with Crippen molar-refractivity contribution >= 4 is 20.4 Å². The van der Waals surface area contributed by atoms with Crippen LogP contribution in [0.1, 0.15) is 13.8 Å². The van der Waals surface area contributed by atoms with Crippen molar-refractivity contribution in [3.63, 3.8) is 0 Å². The summed E-state index contributed by atoms with van der Waals surface area (Å²) < 4.78 is 325. The van der Waals surface area contributed by atoms with E-state index in [0.717, 1.165) is 0 Å². The Hall–Kier alpha value is -2.83. The van der Waals surface area contributed by atoms with Gasteiger partial charge in [0, 0.05) is 0 Å². The zero-order valence-electron chi connectivity index (χ0n) is 26.3. The Labute approximate surface area is 285 Å². The molecule has 0 fully saturated rings. The number of allylic oxidation sites excluding steroid dienone is 2. The maximum absolute atomic E-state index is 14.4. The van der Waals surface area contributed by atoms with Gasteiger partial charge in [-0.3, -0.25) is 4.55 Å². The number of halogens is 19. The number of likely N-dealkylation sites (N-methyl/N-ethyl adjacent to an activating group) is 1. The van der Waals surface area contributed by atoms with Crippen LogP contribution in [0.5, 0.6) is 5.75 Å². The molecule has 2 unspecified atom stereocenters. The molecular weight excluding hydrogens is 841 g/mol. The van der Waals surface area contributed by atoms with E-state index in [1.54, 1.807) is 28.1 Å². The zero-order chi connectivity index (χ0) is 43.2. The molecule has 0 bridgehead atoms. The molecule has 2 N–H and O–H groups in total. The van der Waals surface area contributed by atoms with Crippen LogP contribution in [0.3, 0.4) is 0 Å². The number of hydrogen-bond donors (Lipinski definition) is 2. The van der Waals surface area contributed by atoms with Crippen molar-refractivity contribution in [2.75, 3.05) is 21.1 Å². The second kappa shape index (κ2) is 15.0. The summed E-state index contributed by atoms with van der Waals surface area (Å²) in [6.07, 6.45) is -41.4. The number of quaternary nitrogens is 1. The highest BCUT2D eigenvalue weighted by molar-refractivity contribution is 7.89. The first-order valence-electron chi connectivity index (χ1n) is 12.9. The third-order valence-electron chi connectivity index (χ3n) is 6.86. The highest BCUT2D eigenvalue weighted by Gasteiger charge is 2.96. The van der Waals surface area contributed by atoms with E-state index in [-0.39, 0.29) is 28.7 Å². The van der Waals surface area contributed by atoms with E-state index in [0.29, 0.717) is 0 Å². The molecule has 1 aromatic rings. The molecule has 0 heterocycles. The average molecular weight is 865 g/mol. The lowest BCUT2D eigenvalue weighted by Gasteiger charge is -2.48. The van der Waals surface area contributed by atoms with E-state index in [2.05, 4.69) is 9.46 Å². The number of nitrogens with zero attached hydrogens (tertiary/aromatic N) is 1. The zero-order valence-corrected chi connectivity index (χ0v) is 27.9. The van der Waals surface area contributed by atoms with Gasteiger partial charge in [-0.25, -0.2) is 21.6 Å². The number of rotatable bonds is 10. The van der Waals surface area contributed by atoms with Crippen molar-refractivity contribution in [2.24, 2.45) is 5.41 Å². The smallest absolute Gasteiger partial charge is 0.454 e. The number of sulfonamides is 1. The molecule has 1 aromatic carbocycles. The van der Waals surface area contributed by atoms with Gasteiger partial charge in [-0.2, -0.15) is 83.4 Å². The minimum Gasteiger partial charge on any atom is -0.726 e. The van der Waals surface area contributed by atoms with Crippen LogP contribution >= 0.6 is 0 Å². The molecule has 0 saturated carbocycles. The molecule has 0 spiro atoms. The number of nitrogens with one attached hydrogen (secondary N) is 1. The summed E-state index contributed by atoms with van der Waals surface area (Å²) in [6, 6.07) is -1.47. The summed E-state index contributed by atoms with van der Waals surface area (Å²) in [5.41, 5.74) is -15.0. The molecular formula is C23H23F19N2O7S2. The molecule has 0 amide bonds. The molecule has 1 rings (SSSR count). The van der Waals surface area contributed by atoms with Gasteiger partial charge in [0.1, 0.15) is 17.4 Å². The Bertz CT molecular complexity index is 1640. The van der Waals surface area contributed by atoms with Crippen molar-refractivity contribution in [1.82, 2.24) is 4.72 Å². The topological polar surface area (TPSA) is 133 Å². The third-order valence-corrected chi connectivity index (χ3v) is 8.44. The van der Waals surface area contributed by atoms with Crippen LogP contribution in [-0.2, 0) is 20.4 Å². The van der Waals surface area contributed by atoms with Gasteiger partial charge in [0.2, 0.25) is 31.6 Å². The maximum Gasteiger partial charge on any atom is 0.454 e. The number of benzene rings is 1. The van der Waals surface area contributed by atoms with Gasteiger partial charge in [-0.15, -0.1) is 0 Å². The van der Waals surface area contributed by atoms with Crippen LogP contribution < -0.4 is 9.46 Å². The molecule has 0 aliphatic carbocycles. The molecule has 53 heavy (non-hydrogen) atoms. The van der Waals surface area contributed by atoms with Crippen molar-refractivity contribution in [3.8, 4) is 5.75 Å². The number of ether oxygens (including phenoxy) is 1. The SMILES string of the molecule is CC(NS(=O)(=O)c1ccc(OC(=C(C(F)(F)F)C(C(F)(F)F)(C(F)(F)C(F)(F)F)C(F)(F)C(F)(F)F)C(F)(F)F)cc1)C(C)[N+](C)(C)C.O=S(=O)([O-])O. The van der Waals surface area contributed by atoms with Gasteiger partial charge in [0.05, 0.1) is 32.1 Å². The van der Waals surface area contributed by atoms with Crippen LogP contribution in [0.15, 0.2) is 40.5 Å². The van der Waals surface area contributed by atoms with E-state index in [1.807, 2.05) is 0 Å². The van der Waals surface area contributed by atoms with Crippen molar-refractivity contribution in [3.05, 3.63) is 35.6 Å². The first-order valence-corrected chi connectivity index (χ1v) is 15.7. The fraction of sp³-hybridized carbons (Fsp3) is 0.652. The van der Waals surface area contributed by atoms with Gasteiger partial charge in [0.15, 0.2) is 0 Å².